The van der Waals surface area contributed by atoms with Gasteiger partial charge in [0, 0.05) is 29.1 Å². The van der Waals surface area contributed by atoms with Crippen molar-refractivity contribution in [1.82, 2.24) is 14.8 Å². The minimum absolute atomic E-state index is 0.0492. The van der Waals surface area contributed by atoms with Gasteiger partial charge in [0.2, 0.25) is 0 Å². The predicted molar refractivity (Wildman–Crippen MR) is 109 cm³/mol. The molecular weight excluding hydrogens is 356 g/mol. The monoisotopic (exact) mass is 380 g/mol. The second-order valence-corrected chi connectivity index (χ2v) is 8.24. The van der Waals surface area contributed by atoms with Crippen molar-refractivity contribution in [2.24, 2.45) is 0 Å². The first-order chi connectivity index (χ1) is 13.2. The largest absolute Gasteiger partial charge is 0.321 e. The van der Waals surface area contributed by atoms with E-state index in [1.54, 1.807) is 11.3 Å². The highest BCUT2D eigenvalue weighted by atomic mass is 32.1. The molecule has 0 spiro atoms. The molecule has 1 N–H and O–H groups in total. The lowest BCUT2D eigenvalue weighted by Gasteiger charge is -2.08. The number of amides is 1. The summed E-state index contributed by atoms with van der Waals surface area (Å²) in [4.78, 5) is 14.5. The topological polar surface area (TPSA) is 59.8 Å². The van der Waals surface area contributed by atoms with Crippen molar-refractivity contribution in [3.05, 3.63) is 51.5 Å². The lowest BCUT2D eigenvalue weighted by atomic mass is 10.2. The van der Waals surface area contributed by atoms with Crippen molar-refractivity contribution in [3.8, 4) is 11.4 Å². The number of anilines is 1. The molecule has 1 aliphatic rings. The molecule has 2 aromatic heterocycles. The molecule has 0 saturated heterocycles. The molecule has 4 rings (SSSR count). The average Bonchev–Trinajstić information content (AvgIpc) is 3.18. The lowest BCUT2D eigenvalue weighted by molar-refractivity contribution is 0.103. The third-order valence-corrected chi connectivity index (χ3v) is 6.23. The molecule has 0 aliphatic carbocycles. The standard InChI is InChI=1S/C21H24N4OS/c1-3-15-13-18(27-14(15)2)21(26)22-17-10-8-16(9-11-17)20-24-23-19-7-5-4-6-12-25(19)20/h8-11,13H,3-7,12H2,1-2H3,(H,22,26). The Balaban J connectivity index is 1.51. The number of carbonyl (C=O) groups is 1. The smallest absolute Gasteiger partial charge is 0.265 e. The number of fused-ring (bicyclic) bond motifs is 1. The first-order valence-electron chi connectivity index (χ1n) is 9.59. The van der Waals surface area contributed by atoms with Gasteiger partial charge in [0.25, 0.3) is 5.91 Å². The molecule has 1 aromatic carbocycles. The van der Waals surface area contributed by atoms with Crippen LogP contribution in [0, 0.1) is 6.92 Å². The fourth-order valence-corrected chi connectivity index (χ4v) is 4.59. The molecule has 0 fully saturated rings. The van der Waals surface area contributed by atoms with E-state index in [1.165, 1.54) is 29.7 Å². The molecule has 6 heteroatoms. The van der Waals surface area contributed by atoms with Gasteiger partial charge in [0.1, 0.15) is 5.82 Å². The number of aromatic nitrogens is 3. The molecule has 0 atom stereocenters. The van der Waals surface area contributed by atoms with Crippen LogP contribution in [0.5, 0.6) is 0 Å². The summed E-state index contributed by atoms with van der Waals surface area (Å²) in [5, 5.41) is 11.8. The second kappa shape index (κ2) is 7.64. The summed E-state index contributed by atoms with van der Waals surface area (Å²) in [6, 6.07) is 9.89. The van der Waals surface area contributed by atoms with E-state index in [9.17, 15) is 4.79 Å². The van der Waals surface area contributed by atoms with Crippen molar-refractivity contribution < 1.29 is 4.79 Å². The van der Waals surface area contributed by atoms with E-state index in [-0.39, 0.29) is 5.91 Å². The van der Waals surface area contributed by atoms with Gasteiger partial charge in [0.05, 0.1) is 4.88 Å². The Hall–Kier alpha value is -2.47. The van der Waals surface area contributed by atoms with Gasteiger partial charge in [-0.25, -0.2) is 0 Å². The molecular formula is C21H24N4OS. The summed E-state index contributed by atoms with van der Waals surface area (Å²) in [7, 11) is 0. The van der Waals surface area contributed by atoms with Crippen LogP contribution in [0.15, 0.2) is 30.3 Å². The first-order valence-corrected chi connectivity index (χ1v) is 10.4. The van der Waals surface area contributed by atoms with Crippen molar-refractivity contribution in [3.63, 3.8) is 0 Å². The summed E-state index contributed by atoms with van der Waals surface area (Å²) in [6.07, 6.45) is 5.56. The molecule has 0 bridgehead atoms. The highest BCUT2D eigenvalue weighted by molar-refractivity contribution is 7.14. The maximum atomic E-state index is 12.5. The molecule has 5 nitrogen and oxygen atoms in total. The molecule has 0 unspecified atom stereocenters. The van der Waals surface area contributed by atoms with Crippen LogP contribution < -0.4 is 5.32 Å². The summed E-state index contributed by atoms with van der Waals surface area (Å²) >= 11 is 1.55. The highest BCUT2D eigenvalue weighted by Gasteiger charge is 2.16. The van der Waals surface area contributed by atoms with E-state index >= 15 is 0 Å². The van der Waals surface area contributed by atoms with Gasteiger partial charge in [-0.15, -0.1) is 21.5 Å². The quantitative estimate of drug-likeness (QED) is 0.703. The number of hydrogen-bond donors (Lipinski definition) is 1. The first kappa shape index (κ1) is 17.9. The third kappa shape index (κ3) is 3.67. The van der Waals surface area contributed by atoms with Crippen LogP contribution in [-0.2, 0) is 19.4 Å². The third-order valence-electron chi connectivity index (χ3n) is 5.14. The number of aryl methyl sites for hydroxylation is 3. The SMILES string of the molecule is CCc1cc(C(=O)Nc2ccc(-c3nnc4n3CCCCC4)cc2)sc1C. The number of thiophene rings is 1. The van der Waals surface area contributed by atoms with Gasteiger partial charge in [-0.3, -0.25) is 4.79 Å². The van der Waals surface area contributed by atoms with Crippen molar-refractivity contribution in [2.75, 3.05) is 5.32 Å². The maximum Gasteiger partial charge on any atom is 0.265 e. The molecule has 3 aromatic rings. The van der Waals surface area contributed by atoms with E-state index in [0.29, 0.717) is 0 Å². The Bertz CT molecular complexity index is 955. The molecule has 140 valence electrons. The number of carbonyl (C=O) groups excluding carboxylic acids is 1. The zero-order valence-electron chi connectivity index (χ0n) is 15.8. The Morgan fingerprint density at radius 3 is 2.74 bits per heavy atom. The van der Waals surface area contributed by atoms with Crippen molar-refractivity contribution in [2.45, 2.75) is 52.5 Å². The summed E-state index contributed by atoms with van der Waals surface area (Å²) in [6.45, 7) is 5.16. The second-order valence-electron chi connectivity index (χ2n) is 6.98. The van der Waals surface area contributed by atoms with E-state index < -0.39 is 0 Å². The number of nitrogens with one attached hydrogen (secondary N) is 1. The normalized spacial score (nSPS) is 13.9. The Morgan fingerprint density at radius 2 is 2.00 bits per heavy atom. The Labute approximate surface area is 163 Å². The maximum absolute atomic E-state index is 12.5. The van der Waals surface area contributed by atoms with E-state index in [0.717, 1.165) is 47.2 Å². The number of hydrogen-bond acceptors (Lipinski definition) is 4. The van der Waals surface area contributed by atoms with E-state index in [2.05, 4.69) is 33.9 Å². The number of rotatable bonds is 4. The van der Waals surface area contributed by atoms with E-state index in [4.69, 9.17) is 0 Å². The van der Waals surface area contributed by atoms with Gasteiger partial charge in [0.15, 0.2) is 5.82 Å². The van der Waals surface area contributed by atoms with Gasteiger partial charge in [-0.1, -0.05) is 13.3 Å². The van der Waals surface area contributed by atoms with Crippen LogP contribution in [0.1, 0.15) is 52.1 Å². The van der Waals surface area contributed by atoms with Gasteiger partial charge < -0.3 is 9.88 Å². The van der Waals surface area contributed by atoms with Crippen LogP contribution in [-0.4, -0.2) is 20.7 Å². The minimum Gasteiger partial charge on any atom is -0.321 e. The van der Waals surface area contributed by atoms with Crippen LogP contribution in [0.2, 0.25) is 0 Å². The predicted octanol–water partition coefficient (Wildman–Crippen LogP) is 4.86. The molecule has 0 saturated carbocycles. The van der Waals surface area contributed by atoms with Crippen LogP contribution >= 0.6 is 11.3 Å². The van der Waals surface area contributed by atoms with Gasteiger partial charge in [-0.2, -0.15) is 0 Å². The van der Waals surface area contributed by atoms with Crippen LogP contribution in [0.3, 0.4) is 0 Å². The van der Waals surface area contributed by atoms with Gasteiger partial charge >= 0.3 is 0 Å². The Morgan fingerprint density at radius 1 is 1.19 bits per heavy atom. The van der Waals surface area contributed by atoms with E-state index in [1.807, 2.05) is 30.3 Å². The molecule has 1 amide bonds. The van der Waals surface area contributed by atoms with Crippen LogP contribution in [0.25, 0.3) is 11.4 Å². The van der Waals surface area contributed by atoms with Gasteiger partial charge in [-0.05, 0) is 62.1 Å². The number of benzene rings is 1. The summed E-state index contributed by atoms with van der Waals surface area (Å²) in [5.41, 5.74) is 3.07. The molecule has 27 heavy (non-hydrogen) atoms. The number of nitrogens with zero attached hydrogens (tertiary/aromatic N) is 3. The average molecular weight is 381 g/mol. The zero-order chi connectivity index (χ0) is 18.8. The summed E-state index contributed by atoms with van der Waals surface area (Å²) < 4.78 is 2.24. The minimum atomic E-state index is -0.0492. The van der Waals surface area contributed by atoms with Crippen molar-refractivity contribution >= 4 is 22.9 Å². The lowest BCUT2D eigenvalue weighted by Crippen LogP contribution is -2.10. The summed E-state index contributed by atoms with van der Waals surface area (Å²) in [5.74, 6) is 1.96. The molecule has 1 aliphatic heterocycles. The highest BCUT2D eigenvalue weighted by Crippen LogP contribution is 2.26. The Kier molecular flexibility index (Phi) is 5.07. The fraction of sp³-hybridized carbons (Fsp3) is 0.381. The van der Waals surface area contributed by atoms with Crippen LogP contribution in [0.4, 0.5) is 5.69 Å². The van der Waals surface area contributed by atoms with Crippen molar-refractivity contribution in [1.29, 1.82) is 0 Å². The molecule has 0 radical (unpaired) electrons. The molecule has 3 heterocycles. The zero-order valence-corrected chi connectivity index (χ0v) is 16.6. The fourth-order valence-electron chi connectivity index (χ4n) is 3.58.